The second-order valence-corrected chi connectivity index (χ2v) is 9.41. The van der Waals surface area contributed by atoms with Crippen molar-refractivity contribution in [2.75, 3.05) is 32.6 Å². The number of hydrogen-bond acceptors (Lipinski definition) is 6. The van der Waals surface area contributed by atoms with Crippen LogP contribution in [-0.4, -0.2) is 51.9 Å². The summed E-state index contributed by atoms with van der Waals surface area (Å²) in [5.41, 5.74) is 0.670. The van der Waals surface area contributed by atoms with Crippen LogP contribution in [0.3, 0.4) is 0 Å². The Balaban J connectivity index is 1.78. The van der Waals surface area contributed by atoms with Gasteiger partial charge in [0.15, 0.2) is 0 Å². The zero-order valence-corrected chi connectivity index (χ0v) is 18.6. The maximum atomic E-state index is 12.8. The fraction of sp³-hybridized carbons (Fsp3) is 0.364. The average molecular weight is 447 g/mol. The van der Waals surface area contributed by atoms with Crippen LogP contribution in [0, 0.1) is 5.92 Å². The van der Waals surface area contributed by atoms with Crippen LogP contribution in [-0.2, 0) is 14.8 Å². The first-order valence-corrected chi connectivity index (χ1v) is 11.4. The Kier molecular flexibility index (Phi) is 6.97. The highest BCUT2D eigenvalue weighted by molar-refractivity contribution is 7.89. The molecule has 1 saturated heterocycles. The first-order valence-electron chi connectivity index (χ1n) is 9.94. The molecule has 1 fully saturated rings. The van der Waals surface area contributed by atoms with Gasteiger partial charge in [-0.25, -0.2) is 13.2 Å². The third kappa shape index (κ3) is 5.05. The third-order valence-corrected chi connectivity index (χ3v) is 7.29. The van der Waals surface area contributed by atoms with Crippen LogP contribution in [0.1, 0.15) is 40.5 Å². The molecule has 0 aliphatic carbocycles. The molecular formula is C22H26N2O6S. The number of carbonyl (C=O) groups is 2. The smallest absolute Gasteiger partial charge is 0.340 e. The molecule has 3 rings (SSSR count). The molecule has 0 aromatic heterocycles. The van der Waals surface area contributed by atoms with E-state index in [-0.39, 0.29) is 21.7 Å². The summed E-state index contributed by atoms with van der Waals surface area (Å²) in [5.74, 6) is -0.136. The molecule has 1 heterocycles. The quantitative estimate of drug-likeness (QED) is 0.684. The van der Waals surface area contributed by atoms with E-state index >= 15 is 0 Å². The molecule has 1 aliphatic rings. The number of nitrogens with zero attached hydrogens (tertiary/aromatic N) is 1. The summed E-state index contributed by atoms with van der Waals surface area (Å²) in [7, 11) is -0.877. The van der Waals surface area contributed by atoms with Gasteiger partial charge in [-0.3, -0.25) is 4.79 Å². The van der Waals surface area contributed by atoms with E-state index in [1.807, 2.05) is 0 Å². The molecule has 1 aliphatic heterocycles. The van der Waals surface area contributed by atoms with Crippen LogP contribution in [0.2, 0.25) is 0 Å². The van der Waals surface area contributed by atoms with E-state index in [0.717, 1.165) is 12.8 Å². The number of hydrogen-bond donors (Lipinski definition) is 1. The number of ether oxygens (including phenoxy) is 2. The van der Waals surface area contributed by atoms with Crippen molar-refractivity contribution < 1.29 is 27.5 Å². The summed E-state index contributed by atoms with van der Waals surface area (Å²) < 4.78 is 37.0. The summed E-state index contributed by atoms with van der Waals surface area (Å²) in [5, 5.41) is 2.66. The molecule has 0 atom stereocenters. The monoisotopic (exact) mass is 446 g/mol. The van der Waals surface area contributed by atoms with Gasteiger partial charge in [0, 0.05) is 18.7 Å². The number of benzene rings is 2. The van der Waals surface area contributed by atoms with Crippen molar-refractivity contribution in [1.29, 1.82) is 0 Å². The number of rotatable bonds is 6. The highest BCUT2D eigenvalue weighted by atomic mass is 32.2. The minimum absolute atomic E-state index is 0.147. The lowest BCUT2D eigenvalue weighted by atomic mass is 10.0. The zero-order chi connectivity index (χ0) is 22.6. The van der Waals surface area contributed by atoms with E-state index in [9.17, 15) is 18.0 Å². The number of nitrogens with one attached hydrogen (secondary N) is 1. The molecule has 0 saturated carbocycles. The van der Waals surface area contributed by atoms with E-state index < -0.39 is 21.9 Å². The minimum Gasteiger partial charge on any atom is -0.497 e. The Morgan fingerprint density at radius 2 is 1.68 bits per heavy atom. The van der Waals surface area contributed by atoms with Crippen molar-refractivity contribution in [2.24, 2.45) is 5.92 Å². The number of sulfonamides is 1. The first kappa shape index (κ1) is 22.8. The minimum atomic E-state index is -3.59. The molecule has 166 valence electrons. The summed E-state index contributed by atoms with van der Waals surface area (Å²) in [4.78, 5) is 24.9. The molecule has 0 bridgehead atoms. The van der Waals surface area contributed by atoms with Gasteiger partial charge >= 0.3 is 5.97 Å². The fourth-order valence-electron chi connectivity index (χ4n) is 3.39. The van der Waals surface area contributed by atoms with E-state index in [0.29, 0.717) is 24.8 Å². The van der Waals surface area contributed by atoms with E-state index in [2.05, 4.69) is 12.2 Å². The van der Waals surface area contributed by atoms with Crippen molar-refractivity contribution in [3.63, 3.8) is 0 Å². The van der Waals surface area contributed by atoms with Crippen molar-refractivity contribution >= 4 is 27.6 Å². The Morgan fingerprint density at radius 3 is 2.26 bits per heavy atom. The maximum absolute atomic E-state index is 12.8. The van der Waals surface area contributed by atoms with E-state index in [1.165, 1.54) is 48.9 Å². The number of piperidine rings is 1. The predicted molar refractivity (Wildman–Crippen MR) is 116 cm³/mol. The Bertz CT molecular complexity index is 1060. The normalized spacial score (nSPS) is 15.3. The topological polar surface area (TPSA) is 102 Å². The largest absolute Gasteiger partial charge is 0.497 e. The van der Waals surface area contributed by atoms with Crippen LogP contribution in [0.4, 0.5) is 5.69 Å². The molecule has 31 heavy (non-hydrogen) atoms. The van der Waals surface area contributed by atoms with Gasteiger partial charge in [0.2, 0.25) is 10.0 Å². The molecule has 0 spiro atoms. The highest BCUT2D eigenvalue weighted by Gasteiger charge is 2.28. The second kappa shape index (κ2) is 9.49. The zero-order valence-electron chi connectivity index (χ0n) is 17.8. The van der Waals surface area contributed by atoms with Gasteiger partial charge in [0.25, 0.3) is 5.91 Å². The van der Waals surface area contributed by atoms with Crippen LogP contribution in [0.25, 0.3) is 0 Å². The molecule has 1 amide bonds. The average Bonchev–Trinajstić information content (AvgIpc) is 2.79. The van der Waals surface area contributed by atoms with Crippen molar-refractivity contribution in [3.05, 3.63) is 53.6 Å². The molecule has 8 nitrogen and oxygen atoms in total. The van der Waals surface area contributed by atoms with Crippen LogP contribution in [0.15, 0.2) is 47.4 Å². The van der Waals surface area contributed by atoms with Gasteiger partial charge in [-0.05, 0) is 61.2 Å². The molecule has 9 heteroatoms. The first-order chi connectivity index (χ1) is 14.8. The van der Waals surface area contributed by atoms with Crippen LogP contribution >= 0.6 is 0 Å². The van der Waals surface area contributed by atoms with Gasteiger partial charge < -0.3 is 14.8 Å². The van der Waals surface area contributed by atoms with Gasteiger partial charge in [-0.2, -0.15) is 4.31 Å². The lowest BCUT2D eigenvalue weighted by Gasteiger charge is -2.29. The number of amides is 1. The fourth-order valence-corrected chi connectivity index (χ4v) is 4.85. The van der Waals surface area contributed by atoms with E-state index in [4.69, 9.17) is 9.47 Å². The number of esters is 1. The molecule has 2 aromatic rings. The van der Waals surface area contributed by atoms with Crippen LogP contribution < -0.4 is 10.1 Å². The van der Waals surface area contributed by atoms with Gasteiger partial charge in [0.1, 0.15) is 5.75 Å². The lowest BCUT2D eigenvalue weighted by Crippen LogP contribution is -2.37. The molecular weight excluding hydrogens is 420 g/mol. The van der Waals surface area contributed by atoms with Crippen LogP contribution in [0.5, 0.6) is 5.75 Å². The Labute approximate surface area is 182 Å². The Hall–Kier alpha value is -2.91. The SMILES string of the molecule is COC(=O)c1cc(OC)ccc1NC(=O)c1ccc(S(=O)(=O)N2CCC(C)CC2)cc1. The Morgan fingerprint density at radius 1 is 1.03 bits per heavy atom. The van der Waals surface area contributed by atoms with E-state index in [1.54, 1.807) is 12.1 Å². The summed E-state index contributed by atoms with van der Waals surface area (Å²) in [6.45, 7) is 3.12. The standard InChI is InChI=1S/C22H26N2O6S/c1-15-10-12-24(13-11-15)31(27,28)18-7-4-16(5-8-18)21(25)23-20-9-6-17(29-2)14-19(20)22(26)30-3/h4-9,14-15H,10-13H2,1-3H3,(H,23,25). The van der Waals surface area contributed by atoms with Crippen molar-refractivity contribution in [1.82, 2.24) is 4.31 Å². The van der Waals surface area contributed by atoms with Gasteiger partial charge in [-0.15, -0.1) is 0 Å². The number of carbonyl (C=O) groups excluding carboxylic acids is 2. The predicted octanol–water partition coefficient (Wildman–Crippen LogP) is 3.15. The number of methoxy groups -OCH3 is 2. The molecule has 2 aromatic carbocycles. The molecule has 0 radical (unpaired) electrons. The summed E-state index contributed by atoms with van der Waals surface area (Å²) in [6.07, 6.45) is 1.67. The third-order valence-electron chi connectivity index (χ3n) is 5.38. The summed E-state index contributed by atoms with van der Waals surface area (Å²) >= 11 is 0. The van der Waals surface area contributed by atoms with Gasteiger partial charge in [0.05, 0.1) is 30.4 Å². The number of anilines is 1. The highest BCUT2D eigenvalue weighted by Crippen LogP contribution is 2.25. The molecule has 1 N–H and O–H groups in total. The maximum Gasteiger partial charge on any atom is 0.340 e. The molecule has 0 unspecified atom stereocenters. The van der Waals surface area contributed by atoms with Crippen molar-refractivity contribution in [2.45, 2.75) is 24.7 Å². The van der Waals surface area contributed by atoms with Crippen molar-refractivity contribution in [3.8, 4) is 5.75 Å². The lowest BCUT2D eigenvalue weighted by molar-refractivity contribution is 0.0601. The summed E-state index contributed by atoms with van der Waals surface area (Å²) in [6, 6.07) is 10.4. The second-order valence-electron chi connectivity index (χ2n) is 7.47. The van der Waals surface area contributed by atoms with Gasteiger partial charge in [-0.1, -0.05) is 6.92 Å².